The first-order chi connectivity index (χ1) is 21.7. The summed E-state index contributed by atoms with van der Waals surface area (Å²) in [4.78, 5) is 27.2. The number of hydrogen-bond acceptors (Lipinski definition) is 6. The standard InChI is InChI=1S/C37H27ClN6/c1-44-36(26-17-7-3-8-18-26)42-34(43-37(44)27-19-9-4-10-20-27)29-22-12-11-21-28(29)33-39-32(25-15-5-2-6-16-25)40-35(41-33)30-23-13-14-24-31(30)38/h2-24,36H,1H3. The van der Waals surface area contributed by atoms with E-state index < -0.39 is 0 Å². The maximum atomic E-state index is 6.63. The minimum absolute atomic E-state index is 0.274. The Morgan fingerprint density at radius 3 is 1.68 bits per heavy atom. The Morgan fingerprint density at radius 2 is 1.02 bits per heavy atom. The van der Waals surface area contributed by atoms with Gasteiger partial charge in [-0.1, -0.05) is 139 Å². The number of amidine groups is 2. The predicted molar refractivity (Wildman–Crippen MR) is 178 cm³/mol. The molecule has 0 bridgehead atoms. The first-order valence-electron chi connectivity index (χ1n) is 14.3. The molecule has 1 atom stereocenters. The minimum atomic E-state index is -0.274. The molecule has 6 aromatic rings. The smallest absolute Gasteiger partial charge is 0.165 e. The van der Waals surface area contributed by atoms with Crippen molar-refractivity contribution in [3.63, 3.8) is 0 Å². The molecule has 0 radical (unpaired) electrons. The number of aliphatic imine (C=N–C) groups is 2. The number of benzene rings is 5. The summed E-state index contributed by atoms with van der Waals surface area (Å²) >= 11 is 6.63. The monoisotopic (exact) mass is 590 g/mol. The van der Waals surface area contributed by atoms with Crippen LogP contribution in [0, 0.1) is 0 Å². The van der Waals surface area contributed by atoms with E-state index in [9.17, 15) is 0 Å². The Morgan fingerprint density at radius 1 is 0.523 bits per heavy atom. The van der Waals surface area contributed by atoms with E-state index in [0.29, 0.717) is 28.3 Å². The summed E-state index contributed by atoms with van der Waals surface area (Å²) in [5.74, 6) is 3.00. The molecule has 1 unspecified atom stereocenters. The number of aromatic nitrogens is 3. The molecule has 5 aromatic carbocycles. The maximum Gasteiger partial charge on any atom is 0.165 e. The summed E-state index contributed by atoms with van der Waals surface area (Å²) in [5.41, 5.74) is 5.32. The second kappa shape index (κ2) is 12.0. The summed E-state index contributed by atoms with van der Waals surface area (Å²) in [6.45, 7) is 0. The quantitative estimate of drug-likeness (QED) is 0.195. The van der Waals surface area contributed by atoms with Gasteiger partial charge in [0.15, 0.2) is 23.3 Å². The van der Waals surface area contributed by atoms with Crippen molar-refractivity contribution in [1.29, 1.82) is 0 Å². The zero-order valence-corrected chi connectivity index (χ0v) is 24.7. The average molecular weight is 591 g/mol. The van der Waals surface area contributed by atoms with Gasteiger partial charge in [0.1, 0.15) is 12.0 Å². The molecule has 0 fully saturated rings. The molecule has 1 aliphatic rings. The van der Waals surface area contributed by atoms with Crippen LogP contribution in [0.1, 0.15) is 22.9 Å². The van der Waals surface area contributed by atoms with Gasteiger partial charge in [0.2, 0.25) is 0 Å². The highest BCUT2D eigenvalue weighted by Crippen LogP contribution is 2.33. The fourth-order valence-electron chi connectivity index (χ4n) is 5.28. The van der Waals surface area contributed by atoms with Gasteiger partial charge in [-0.15, -0.1) is 0 Å². The molecule has 7 heteroatoms. The number of nitrogens with zero attached hydrogens (tertiary/aromatic N) is 6. The molecule has 212 valence electrons. The topological polar surface area (TPSA) is 66.6 Å². The molecular weight excluding hydrogens is 564 g/mol. The zero-order valence-electron chi connectivity index (χ0n) is 23.9. The molecule has 1 aliphatic heterocycles. The third kappa shape index (κ3) is 5.39. The molecule has 2 heterocycles. The van der Waals surface area contributed by atoms with Crippen LogP contribution in [0.5, 0.6) is 0 Å². The lowest BCUT2D eigenvalue weighted by Gasteiger charge is -2.32. The van der Waals surface area contributed by atoms with Crippen LogP contribution in [0.25, 0.3) is 34.2 Å². The van der Waals surface area contributed by atoms with Crippen molar-refractivity contribution in [3.05, 3.63) is 161 Å². The van der Waals surface area contributed by atoms with Crippen molar-refractivity contribution < 1.29 is 0 Å². The van der Waals surface area contributed by atoms with E-state index in [1.165, 1.54) is 0 Å². The zero-order chi connectivity index (χ0) is 29.9. The summed E-state index contributed by atoms with van der Waals surface area (Å²) in [6, 6.07) is 45.9. The van der Waals surface area contributed by atoms with Crippen molar-refractivity contribution in [2.75, 3.05) is 7.05 Å². The molecule has 1 aromatic heterocycles. The van der Waals surface area contributed by atoms with Crippen molar-refractivity contribution in [1.82, 2.24) is 19.9 Å². The number of rotatable bonds is 6. The van der Waals surface area contributed by atoms with E-state index in [4.69, 9.17) is 36.5 Å². The predicted octanol–water partition coefficient (Wildman–Crippen LogP) is 8.36. The highest BCUT2D eigenvalue weighted by atomic mass is 35.5. The van der Waals surface area contributed by atoms with E-state index >= 15 is 0 Å². The van der Waals surface area contributed by atoms with E-state index in [0.717, 1.165) is 39.2 Å². The van der Waals surface area contributed by atoms with Crippen molar-refractivity contribution in [3.8, 4) is 34.2 Å². The first-order valence-corrected chi connectivity index (χ1v) is 14.7. The first kappa shape index (κ1) is 27.4. The highest BCUT2D eigenvalue weighted by Gasteiger charge is 2.28. The van der Waals surface area contributed by atoms with Gasteiger partial charge >= 0.3 is 0 Å². The average Bonchev–Trinajstić information content (AvgIpc) is 3.09. The van der Waals surface area contributed by atoms with E-state index in [-0.39, 0.29) is 6.17 Å². The van der Waals surface area contributed by atoms with Crippen LogP contribution < -0.4 is 0 Å². The number of halogens is 1. The van der Waals surface area contributed by atoms with Crippen LogP contribution in [0.2, 0.25) is 5.02 Å². The molecule has 0 aliphatic carbocycles. The van der Waals surface area contributed by atoms with Crippen LogP contribution in [-0.4, -0.2) is 38.6 Å². The van der Waals surface area contributed by atoms with Gasteiger partial charge in [0, 0.05) is 34.9 Å². The Bertz CT molecular complexity index is 1990. The SMILES string of the molecule is CN1C(c2ccccc2)=NC(c2ccccc2-c2nc(-c3ccccc3)nc(-c3ccccc3Cl)n2)=NC1c1ccccc1. The summed E-state index contributed by atoms with van der Waals surface area (Å²) in [7, 11) is 2.03. The minimum Gasteiger partial charge on any atom is -0.333 e. The lowest BCUT2D eigenvalue weighted by atomic mass is 10.0. The molecular formula is C37H27ClN6. The molecule has 7 rings (SSSR count). The molecule has 0 amide bonds. The van der Waals surface area contributed by atoms with Crippen LogP contribution in [0.4, 0.5) is 0 Å². The van der Waals surface area contributed by atoms with Crippen molar-refractivity contribution in [2.45, 2.75) is 6.17 Å². The fourth-order valence-corrected chi connectivity index (χ4v) is 5.50. The third-order valence-corrected chi connectivity index (χ3v) is 7.81. The summed E-state index contributed by atoms with van der Waals surface area (Å²) in [5, 5.41) is 0.569. The van der Waals surface area contributed by atoms with Gasteiger partial charge in [-0.05, 0) is 17.7 Å². The lowest BCUT2D eigenvalue weighted by molar-refractivity contribution is 0.383. The second-order valence-electron chi connectivity index (χ2n) is 10.3. The van der Waals surface area contributed by atoms with Crippen LogP contribution in [0.3, 0.4) is 0 Å². The Labute approximate surface area is 261 Å². The summed E-state index contributed by atoms with van der Waals surface area (Å²) in [6.07, 6.45) is -0.274. The van der Waals surface area contributed by atoms with Crippen LogP contribution >= 0.6 is 11.6 Å². The van der Waals surface area contributed by atoms with Gasteiger partial charge in [-0.2, -0.15) is 0 Å². The van der Waals surface area contributed by atoms with Gasteiger partial charge < -0.3 is 4.90 Å². The molecule has 44 heavy (non-hydrogen) atoms. The Balaban J connectivity index is 1.43. The van der Waals surface area contributed by atoms with Gasteiger partial charge in [-0.25, -0.2) is 24.9 Å². The van der Waals surface area contributed by atoms with E-state index in [1.807, 2.05) is 122 Å². The molecule has 0 N–H and O–H groups in total. The van der Waals surface area contributed by atoms with Gasteiger partial charge in [0.05, 0.1) is 5.02 Å². The van der Waals surface area contributed by atoms with Crippen molar-refractivity contribution >= 4 is 23.3 Å². The Kier molecular flexibility index (Phi) is 7.49. The van der Waals surface area contributed by atoms with Gasteiger partial charge in [0.25, 0.3) is 0 Å². The molecule has 6 nitrogen and oxygen atoms in total. The van der Waals surface area contributed by atoms with Crippen LogP contribution in [0.15, 0.2) is 150 Å². The molecule has 0 saturated carbocycles. The summed E-state index contributed by atoms with van der Waals surface area (Å²) < 4.78 is 0. The Hall–Kier alpha value is -5.46. The second-order valence-corrected chi connectivity index (χ2v) is 10.8. The molecule has 0 spiro atoms. The van der Waals surface area contributed by atoms with Crippen molar-refractivity contribution in [2.24, 2.45) is 9.98 Å². The fraction of sp³-hybridized carbons (Fsp3) is 0.0541. The van der Waals surface area contributed by atoms with E-state index in [1.54, 1.807) is 0 Å². The van der Waals surface area contributed by atoms with E-state index in [2.05, 4.69) is 29.2 Å². The van der Waals surface area contributed by atoms with Gasteiger partial charge in [-0.3, -0.25) is 0 Å². The maximum absolute atomic E-state index is 6.63. The molecule has 0 saturated heterocycles. The lowest BCUT2D eigenvalue weighted by Crippen LogP contribution is -2.35. The normalized spacial score (nSPS) is 14.6. The third-order valence-electron chi connectivity index (χ3n) is 7.48. The number of hydrogen-bond donors (Lipinski definition) is 0. The largest absolute Gasteiger partial charge is 0.333 e. The highest BCUT2D eigenvalue weighted by molar-refractivity contribution is 6.33. The van der Waals surface area contributed by atoms with Crippen LogP contribution in [-0.2, 0) is 0 Å².